The van der Waals surface area contributed by atoms with Crippen molar-refractivity contribution in [3.63, 3.8) is 0 Å². The molecule has 3 rings (SSSR count). The zero-order valence-electron chi connectivity index (χ0n) is 13.7. The van der Waals surface area contributed by atoms with Crippen LogP contribution in [0.3, 0.4) is 0 Å². The third-order valence-electron chi connectivity index (χ3n) is 4.23. The molecule has 6 nitrogen and oxygen atoms in total. The first kappa shape index (κ1) is 15.7. The smallest absolute Gasteiger partial charge is 0.267 e. The first-order valence-corrected chi connectivity index (χ1v) is 8.35. The van der Waals surface area contributed by atoms with Crippen LogP contribution in [0.4, 0.5) is 0 Å². The monoisotopic (exact) mass is 332 g/mol. The molecule has 0 aromatic carbocycles. The summed E-state index contributed by atoms with van der Waals surface area (Å²) in [4.78, 5) is 19.0. The summed E-state index contributed by atoms with van der Waals surface area (Å²) in [6, 6.07) is 3.95. The maximum absolute atomic E-state index is 12.6. The van der Waals surface area contributed by atoms with Crippen LogP contribution in [0.15, 0.2) is 22.7 Å². The zero-order valence-corrected chi connectivity index (χ0v) is 14.5. The van der Waals surface area contributed by atoms with Gasteiger partial charge in [0.1, 0.15) is 5.71 Å². The van der Waals surface area contributed by atoms with Gasteiger partial charge in [-0.1, -0.05) is 11.2 Å². The number of nitrogens with zero attached hydrogens (tertiary/aromatic N) is 3. The van der Waals surface area contributed by atoms with Crippen molar-refractivity contribution < 1.29 is 9.63 Å². The SMILES string of the molecule is Cc1nn(C)c(C)c1CNC(=O)[C@@]1(C)CC(c2cccs2)=NO1. The van der Waals surface area contributed by atoms with Gasteiger partial charge in [0.25, 0.3) is 5.91 Å². The Morgan fingerprint density at radius 1 is 1.52 bits per heavy atom. The standard InChI is InChI=1S/C16H20N4O2S/c1-10-12(11(2)20(4)18-10)9-17-15(21)16(3)8-13(19-22-16)14-6-5-7-23-14/h5-7H,8-9H2,1-4H3,(H,17,21)/t16-/m1/s1. The predicted molar refractivity (Wildman–Crippen MR) is 89.5 cm³/mol. The number of hydrogen-bond donors (Lipinski definition) is 1. The van der Waals surface area contributed by atoms with Crippen molar-refractivity contribution in [1.82, 2.24) is 15.1 Å². The van der Waals surface area contributed by atoms with Crippen LogP contribution in [0, 0.1) is 13.8 Å². The fraction of sp³-hybridized carbons (Fsp3) is 0.438. The maximum atomic E-state index is 12.6. The van der Waals surface area contributed by atoms with Gasteiger partial charge in [-0.25, -0.2) is 0 Å². The fourth-order valence-corrected chi connectivity index (χ4v) is 3.37. The molecule has 1 atom stereocenters. The molecule has 1 aliphatic rings. The van der Waals surface area contributed by atoms with E-state index in [1.165, 1.54) is 0 Å². The lowest BCUT2D eigenvalue weighted by Crippen LogP contribution is -2.44. The Bertz CT molecular complexity index is 763. The minimum Gasteiger partial charge on any atom is -0.379 e. The molecule has 0 saturated heterocycles. The molecule has 7 heteroatoms. The van der Waals surface area contributed by atoms with Crippen LogP contribution in [0.25, 0.3) is 0 Å². The van der Waals surface area contributed by atoms with Crippen molar-refractivity contribution in [1.29, 1.82) is 0 Å². The normalized spacial score (nSPS) is 20.3. The van der Waals surface area contributed by atoms with E-state index in [9.17, 15) is 4.79 Å². The quantitative estimate of drug-likeness (QED) is 0.934. The van der Waals surface area contributed by atoms with E-state index in [1.54, 1.807) is 18.3 Å². The Balaban J connectivity index is 1.65. The van der Waals surface area contributed by atoms with Gasteiger partial charge in [0.2, 0.25) is 5.60 Å². The Labute approximate surface area is 139 Å². The van der Waals surface area contributed by atoms with E-state index in [4.69, 9.17) is 4.84 Å². The van der Waals surface area contributed by atoms with E-state index >= 15 is 0 Å². The van der Waals surface area contributed by atoms with E-state index in [0.29, 0.717) is 13.0 Å². The molecule has 0 spiro atoms. The van der Waals surface area contributed by atoms with Crippen LogP contribution in [0.5, 0.6) is 0 Å². The number of rotatable bonds is 4. The summed E-state index contributed by atoms with van der Waals surface area (Å²) in [7, 11) is 1.90. The van der Waals surface area contributed by atoms with Crippen LogP contribution in [0.2, 0.25) is 0 Å². The van der Waals surface area contributed by atoms with Gasteiger partial charge in [0, 0.05) is 31.3 Å². The molecule has 0 unspecified atom stereocenters. The maximum Gasteiger partial charge on any atom is 0.267 e. The molecule has 0 fully saturated rings. The summed E-state index contributed by atoms with van der Waals surface area (Å²) < 4.78 is 1.82. The van der Waals surface area contributed by atoms with Gasteiger partial charge in [-0.3, -0.25) is 9.48 Å². The van der Waals surface area contributed by atoms with E-state index in [1.807, 2.05) is 43.1 Å². The Kier molecular flexibility index (Phi) is 3.97. The summed E-state index contributed by atoms with van der Waals surface area (Å²) in [5.41, 5.74) is 2.89. The summed E-state index contributed by atoms with van der Waals surface area (Å²) in [5.74, 6) is -0.157. The Morgan fingerprint density at radius 3 is 2.91 bits per heavy atom. The Hall–Kier alpha value is -2.15. The fourth-order valence-electron chi connectivity index (χ4n) is 2.67. The number of hydrogen-bond acceptors (Lipinski definition) is 5. The largest absolute Gasteiger partial charge is 0.379 e. The van der Waals surface area contributed by atoms with E-state index in [2.05, 4.69) is 15.6 Å². The molecule has 2 aromatic rings. The van der Waals surface area contributed by atoms with Gasteiger partial charge >= 0.3 is 0 Å². The summed E-state index contributed by atoms with van der Waals surface area (Å²) in [6.45, 7) is 6.15. The van der Waals surface area contributed by atoms with Crippen LogP contribution in [-0.2, 0) is 23.2 Å². The zero-order chi connectivity index (χ0) is 16.6. The molecule has 122 valence electrons. The summed E-state index contributed by atoms with van der Waals surface area (Å²) >= 11 is 1.60. The summed E-state index contributed by atoms with van der Waals surface area (Å²) in [6.07, 6.45) is 0.477. The number of nitrogens with one attached hydrogen (secondary N) is 1. The van der Waals surface area contributed by atoms with Gasteiger partial charge in [0.05, 0.1) is 10.6 Å². The molecule has 3 heterocycles. The third kappa shape index (κ3) is 2.88. The van der Waals surface area contributed by atoms with Gasteiger partial charge < -0.3 is 10.2 Å². The highest BCUT2D eigenvalue weighted by Crippen LogP contribution is 2.28. The number of aryl methyl sites for hydroxylation is 2. The number of carbonyl (C=O) groups is 1. The second-order valence-electron chi connectivity index (χ2n) is 5.97. The van der Waals surface area contributed by atoms with E-state index in [-0.39, 0.29) is 5.91 Å². The molecule has 0 aliphatic carbocycles. The molecule has 2 aromatic heterocycles. The first-order valence-electron chi connectivity index (χ1n) is 7.47. The number of oxime groups is 1. The number of thiophene rings is 1. The highest BCUT2D eigenvalue weighted by atomic mass is 32.1. The topological polar surface area (TPSA) is 68.5 Å². The van der Waals surface area contributed by atoms with Crippen LogP contribution in [0.1, 0.15) is 35.2 Å². The molecular weight excluding hydrogens is 312 g/mol. The van der Waals surface area contributed by atoms with E-state index in [0.717, 1.165) is 27.5 Å². The lowest BCUT2D eigenvalue weighted by molar-refractivity contribution is -0.141. The van der Waals surface area contributed by atoms with Crippen molar-refractivity contribution in [2.24, 2.45) is 12.2 Å². The highest BCUT2D eigenvalue weighted by molar-refractivity contribution is 7.12. The highest BCUT2D eigenvalue weighted by Gasteiger charge is 2.42. The average molecular weight is 332 g/mol. The van der Waals surface area contributed by atoms with Crippen LogP contribution < -0.4 is 5.32 Å². The van der Waals surface area contributed by atoms with Crippen LogP contribution >= 0.6 is 11.3 Å². The van der Waals surface area contributed by atoms with Crippen molar-refractivity contribution in [2.75, 3.05) is 0 Å². The van der Waals surface area contributed by atoms with Crippen molar-refractivity contribution in [2.45, 2.75) is 39.3 Å². The van der Waals surface area contributed by atoms with Crippen molar-refractivity contribution >= 4 is 23.0 Å². The van der Waals surface area contributed by atoms with Gasteiger partial charge in [-0.15, -0.1) is 11.3 Å². The van der Waals surface area contributed by atoms with Gasteiger partial charge in [0.15, 0.2) is 0 Å². The number of aromatic nitrogens is 2. The van der Waals surface area contributed by atoms with Gasteiger partial charge in [-0.2, -0.15) is 5.10 Å². The third-order valence-corrected chi connectivity index (χ3v) is 5.15. The van der Waals surface area contributed by atoms with E-state index < -0.39 is 5.60 Å². The molecule has 0 radical (unpaired) electrons. The number of carbonyl (C=O) groups excluding carboxylic acids is 1. The molecule has 0 bridgehead atoms. The van der Waals surface area contributed by atoms with Crippen molar-refractivity contribution in [3.05, 3.63) is 39.3 Å². The van der Waals surface area contributed by atoms with Gasteiger partial charge in [-0.05, 0) is 32.2 Å². The van der Waals surface area contributed by atoms with Crippen molar-refractivity contribution in [3.8, 4) is 0 Å². The lowest BCUT2D eigenvalue weighted by Gasteiger charge is -2.20. The summed E-state index contributed by atoms with van der Waals surface area (Å²) in [5, 5.41) is 13.4. The molecule has 0 saturated carbocycles. The average Bonchev–Trinajstić information content (AvgIpc) is 3.20. The first-order chi connectivity index (χ1) is 10.9. The molecular formula is C16H20N4O2S. The van der Waals surface area contributed by atoms with Crippen LogP contribution in [-0.4, -0.2) is 27.0 Å². The second kappa shape index (κ2) is 5.81. The minimum atomic E-state index is -0.955. The Morgan fingerprint density at radius 2 is 2.30 bits per heavy atom. The molecule has 23 heavy (non-hydrogen) atoms. The lowest BCUT2D eigenvalue weighted by atomic mass is 9.98. The second-order valence-corrected chi connectivity index (χ2v) is 6.92. The predicted octanol–water partition coefficient (Wildman–Crippen LogP) is 2.30. The molecule has 1 N–H and O–H groups in total. The molecule has 1 aliphatic heterocycles. The minimum absolute atomic E-state index is 0.157. The molecule has 1 amide bonds. The number of amides is 1.